The number of rotatable bonds is 2. The van der Waals surface area contributed by atoms with Crippen LogP contribution >= 0.6 is 0 Å². The van der Waals surface area contributed by atoms with Gasteiger partial charge in [0.25, 0.3) is 0 Å². The molecule has 0 aliphatic rings. The molecule has 0 unspecified atom stereocenters. The maximum Gasteiger partial charge on any atom is 0.312 e. The lowest BCUT2D eigenvalue weighted by Crippen LogP contribution is -2.25. The van der Waals surface area contributed by atoms with E-state index in [0.29, 0.717) is 15.9 Å². The zero-order valence-corrected chi connectivity index (χ0v) is 12.0. The molecule has 0 radical (unpaired) electrons. The SMILES string of the molecule is Cc1cc(S(C)(=O)=O)ccc1-c1nnc(C)n(O)c1=O. The third kappa shape index (κ3) is 2.42. The fraction of sp³-hybridized carbons (Fsp3) is 0.250. The van der Waals surface area contributed by atoms with Gasteiger partial charge in [-0.1, -0.05) is 6.07 Å². The Morgan fingerprint density at radius 2 is 1.85 bits per heavy atom. The Morgan fingerprint density at radius 3 is 2.40 bits per heavy atom. The summed E-state index contributed by atoms with van der Waals surface area (Å²) in [5.41, 5.74) is 0.254. The van der Waals surface area contributed by atoms with Gasteiger partial charge >= 0.3 is 5.56 Å². The number of aromatic nitrogens is 3. The smallest absolute Gasteiger partial charge is 0.312 e. The lowest BCUT2D eigenvalue weighted by atomic mass is 10.1. The van der Waals surface area contributed by atoms with E-state index >= 15 is 0 Å². The van der Waals surface area contributed by atoms with Crippen molar-refractivity contribution in [1.29, 1.82) is 0 Å². The topological polar surface area (TPSA) is 102 Å². The molecule has 7 nitrogen and oxygen atoms in total. The number of hydrogen-bond donors (Lipinski definition) is 1. The minimum atomic E-state index is -3.32. The molecule has 1 heterocycles. The highest BCUT2D eigenvalue weighted by atomic mass is 32.2. The van der Waals surface area contributed by atoms with Crippen molar-refractivity contribution in [3.63, 3.8) is 0 Å². The van der Waals surface area contributed by atoms with Crippen molar-refractivity contribution < 1.29 is 13.6 Å². The summed E-state index contributed by atoms with van der Waals surface area (Å²) in [6.07, 6.45) is 1.10. The number of benzene rings is 1. The predicted molar refractivity (Wildman–Crippen MR) is 71.5 cm³/mol. The van der Waals surface area contributed by atoms with Crippen LogP contribution in [0.4, 0.5) is 0 Å². The number of hydrogen-bond acceptors (Lipinski definition) is 6. The second-order valence-electron chi connectivity index (χ2n) is 4.46. The van der Waals surface area contributed by atoms with Crippen molar-refractivity contribution in [1.82, 2.24) is 14.9 Å². The molecule has 0 saturated heterocycles. The van der Waals surface area contributed by atoms with Gasteiger partial charge in [0.05, 0.1) is 4.90 Å². The van der Waals surface area contributed by atoms with E-state index in [1.807, 2.05) is 0 Å². The van der Waals surface area contributed by atoms with Gasteiger partial charge < -0.3 is 5.21 Å². The maximum atomic E-state index is 11.9. The molecule has 1 aromatic heterocycles. The molecule has 0 aliphatic heterocycles. The first-order chi connectivity index (χ1) is 9.21. The van der Waals surface area contributed by atoms with Crippen LogP contribution in [0.2, 0.25) is 0 Å². The van der Waals surface area contributed by atoms with Crippen LogP contribution in [0.1, 0.15) is 11.4 Å². The molecule has 2 rings (SSSR count). The largest absolute Gasteiger partial charge is 0.424 e. The molecule has 0 atom stereocenters. The monoisotopic (exact) mass is 295 g/mol. The average Bonchev–Trinajstić information content (AvgIpc) is 2.36. The molecule has 1 N–H and O–H groups in total. The Labute approximate surface area is 115 Å². The molecule has 0 bridgehead atoms. The average molecular weight is 295 g/mol. The molecule has 0 aliphatic carbocycles. The van der Waals surface area contributed by atoms with Crippen LogP contribution in [-0.4, -0.2) is 34.8 Å². The molecule has 106 valence electrons. The van der Waals surface area contributed by atoms with E-state index in [4.69, 9.17) is 0 Å². The molecule has 0 spiro atoms. The Hall–Kier alpha value is -2.22. The second-order valence-corrected chi connectivity index (χ2v) is 6.48. The normalized spacial score (nSPS) is 11.6. The summed E-state index contributed by atoms with van der Waals surface area (Å²) < 4.78 is 23.3. The quantitative estimate of drug-likeness (QED) is 0.812. The molecule has 0 saturated carbocycles. The highest BCUT2D eigenvalue weighted by molar-refractivity contribution is 7.90. The van der Waals surface area contributed by atoms with E-state index in [1.165, 1.54) is 25.1 Å². The van der Waals surface area contributed by atoms with Gasteiger partial charge in [-0.3, -0.25) is 4.79 Å². The minimum absolute atomic E-state index is 0.0318. The van der Waals surface area contributed by atoms with Gasteiger partial charge in [0.1, 0.15) is 0 Å². The first-order valence-corrected chi connectivity index (χ1v) is 7.57. The van der Waals surface area contributed by atoms with Gasteiger partial charge in [-0.05, 0) is 31.5 Å². The highest BCUT2D eigenvalue weighted by Gasteiger charge is 2.15. The molecule has 2 aromatic rings. The van der Waals surface area contributed by atoms with Crippen LogP contribution in [0.3, 0.4) is 0 Å². The first kappa shape index (κ1) is 14.2. The van der Waals surface area contributed by atoms with Gasteiger partial charge in [-0.15, -0.1) is 14.9 Å². The van der Waals surface area contributed by atoms with E-state index in [2.05, 4.69) is 10.2 Å². The van der Waals surface area contributed by atoms with Crippen LogP contribution in [0, 0.1) is 13.8 Å². The molecule has 8 heteroatoms. The Morgan fingerprint density at radius 1 is 1.20 bits per heavy atom. The zero-order valence-electron chi connectivity index (χ0n) is 11.2. The third-order valence-corrected chi connectivity index (χ3v) is 3.99. The molecule has 1 aromatic carbocycles. The maximum absolute atomic E-state index is 11.9. The van der Waals surface area contributed by atoms with Gasteiger partial charge in [0.15, 0.2) is 21.4 Å². The van der Waals surface area contributed by atoms with Crippen molar-refractivity contribution in [2.24, 2.45) is 0 Å². The van der Waals surface area contributed by atoms with Crippen molar-refractivity contribution in [2.75, 3.05) is 6.26 Å². The van der Waals surface area contributed by atoms with Gasteiger partial charge in [0, 0.05) is 11.8 Å². The number of sulfone groups is 1. The number of nitrogens with zero attached hydrogens (tertiary/aromatic N) is 3. The lowest BCUT2D eigenvalue weighted by Gasteiger charge is -2.07. The third-order valence-electron chi connectivity index (χ3n) is 2.88. The minimum Gasteiger partial charge on any atom is -0.424 e. The highest BCUT2D eigenvalue weighted by Crippen LogP contribution is 2.21. The summed E-state index contributed by atoms with van der Waals surface area (Å²) in [5, 5.41) is 17.0. The number of aryl methyl sites for hydroxylation is 2. The van der Waals surface area contributed by atoms with E-state index in [-0.39, 0.29) is 16.4 Å². The van der Waals surface area contributed by atoms with E-state index < -0.39 is 15.4 Å². The summed E-state index contributed by atoms with van der Waals surface area (Å²) in [6.45, 7) is 3.10. The van der Waals surface area contributed by atoms with Crippen LogP contribution in [0.15, 0.2) is 27.9 Å². The fourth-order valence-electron chi connectivity index (χ4n) is 1.76. The lowest BCUT2D eigenvalue weighted by molar-refractivity contribution is 0.162. The van der Waals surface area contributed by atoms with E-state index in [0.717, 1.165) is 6.26 Å². The first-order valence-electron chi connectivity index (χ1n) is 5.68. The van der Waals surface area contributed by atoms with Crippen LogP contribution < -0.4 is 5.56 Å². The predicted octanol–water partition coefficient (Wildman–Crippen LogP) is 0.563. The van der Waals surface area contributed by atoms with Crippen molar-refractivity contribution in [2.45, 2.75) is 18.7 Å². The van der Waals surface area contributed by atoms with E-state index in [9.17, 15) is 18.4 Å². The molecule has 20 heavy (non-hydrogen) atoms. The van der Waals surface area contributed by atoms with Gasteiger partial charge in [-0.25, -0.2) is 8.42 Å². The zero-order chi connectivity index (χ0) is 15.1. The summed E-state index contributed by atoms with van der Waals surface area (Å²) in [5.74, 6) is 0.0733. The summed E-state index contributed by atoms with van der Waals surface area (Å²) in [4.78, 5) is 12.1. The molecular formula is C12H13N3O4S. The van der Waals surface area contributed by atoms with Gasteiger partial charge in [0.2, 0.25) is 0 Å². The van der Waals surface area contributed by atoms with Crippen LogP contribution in [0.25, 0.3) is 11.3 Å². The van der Waals surface area contributed by atoms with Crippen LogP contribution in [-0.2, 0) is 9.84 Å². The second kappa shape index (κ2) is 4.71. The summed E-state index contributed by atoms with van der Waals surface area (Å²) in [7, 11) is -3.32. The summed E-state index contributed by atoms with van der Waals surface area (Å²) in [6, 6.07) is 4.32. The molecular weight excluding hydrogens is 282 g/mol. The van der Waals surface area contributed by atoms with Crippen molar-refractivity contribution in [3.05, 3.63) is 39.9 Å². The van der Waals surface area contributed by atoms with Crippen molar-refractivity contribution in [3.8, 4) is 11.3 Å². The van der Waals surface area contributed by atoms with Crippen LogP contribution in [0.5, 0.6) is 0 Å². The van der Waals surface area contributed by atoms with Gasteiger partial charge in [-0.2, -0.15) is 0 Å². The Bertz CT molecular complexity index is 840. The summed E-state index contributed by atoms with van der Waals surface area (Å²) >= 11 is 0. The van der Waals surface area contributed by atoms with Crippen molar-refractivity contribution >= 4 is 9.84 Å². The van der Waals surface area contributed by atoms with E-state index in [1.54, 1.807) is 6.92 Å². The Balaban J connectivity index is 2.67. The standard InChI is InChI=1S/C12H13N3O4S/c1-7-6-9(20(3,18)19)4-5-10(7)11-12(16)15(17)8(2)13-14-11/h4-6,17H,1-3H3. The molecule has 0 amide bonds. The fourth-order valence-corrected chi connectivity index (χ4v) is 2.46. The molecule has 0 fully saturated rings. The Kier molecular flexibility index (Phi) is 3.34.